The average Bonchev–Trinajstić information content (AvgIpc) is 3.13. The third-order valence-corrected chi connectivity index (χ3v) is 3.90. The van der Waals surface area contributed by atoms with Gasteiger partial charge in [-0.25, -0.2) is 9.89 Å². The van der Waals surface area contributed by atoms with E-state index in [2.05, 4.69) is 25.6 Å². The average molecular weight is 340 g/mol. The van der Waals surface area contributed by atoms with Crippen molar-refractivity contribution in [2.45, 2.75) is 33.4 Å². The van der Waals surface area contributed by atoms with Crippen molar-refractivity contribution in [2.75, 3.05) is 0 Å². The van der Waals surface area contributed by atoms with Crippen LogP contribution in [-0.4, -0.2) is 30.9 Å². The van der Waals surface area contributed by atoms with Gasteiger partial charge in [0.2, 0.25) is 0 Å². The van der Waals surface area contributed by atoms with Gasteiger partial charge in [-0.05, 0) is 44.5 Å². The third-order valence-electron chi connectivity index (χ3n) is 3.90. The molecule has 1 atom stereocenters. The Kier molecular flexibility index (Phi) is 4.51. The predicted octanol–water partition coefficient (Wildman–Crippen LogP) is 1.45. The maximum Gasteiger partial charge on any atom is 0.340 e. The van der Waals surface area contributed by atoms with Crippen molar-refractivity contribution in [2.24, 2.45) is 0 Å². The van der Waals surface area contributed by atoms with E-state index in [1.807, 2.05) is 42.8 Å². The monoisotopic (exact) mass is 340 g/mol. The number of hydrogen-bond acceptors (Lipinski definition) is 4. The van der Waals surface area contributed by atoms with Crippen LogP contribution in [0.15, 0.2) is 35.1 Å². The number of hydrogen-bond donors (Lipinski definition) is 3. The minimum absolute atomic E-state index is 0.230. The second-order valence-corrected chi connectivity index (χ2v) is 6.04. The number of aromatic nitrogens is 5. The van der Waals surface area contributed by atoms with Gasteiger partial charge in [-0.3, -0.25) is 14.5 Å². The highest BCUT2D eigenvalue weighted by atomic mass is 16.2. The lowest BCUT2D eigenvalue weighted by molar-refractivity contribution is 0.0938. The van der Waals surface area contributed by atoms with Crippen LogP contribution in [0.5, 0.6) is 0 Å². The third kappa shape index (κ3) is 3.85. The zero-order valence-corrected chi connectivity index (χ0v) is 14.3. The van der Waals surface area contributed by atoms with Gasteiger partial charge >= 0.3 is 5.69 Å². The molecule has 8 heteroatoms. The normalized spacial score (nSPS) is 12.1. The minimum atomic E-state index is -0.411. The molecular formula is C17H20N6O2. The van der Waals surface area contributed by atoms with Crippen LogP contribution in [0.4, 0.5) is 0 Å². The van der Waals surface area contributed by atoms with E-state index in [4.69, 9.17) is 0 Å². The zero-order chi connectivity index (χ0) is 18.0. The van der Waals surface area contributed by atoms with Crippen LogP contribution in [0.3, 0.4) is 0 Å². The molecule has 1 aromatic carbocycles. The summed E-state index contributed by atoms with van der Waals surface area (Å²) >= 11 is 0. The number of rotatable bonds is 5. The number of carbonyl (C=O) groups excluding carboxylic acids is 1. The van der Waals surface area contributed by atoms with E-state index in [0.29, 0.717) is 17.9 Å². The number of benzene rings is 1. The molecule has 2 heterocycles. The van der Waals surface area contributed by atoms with E-state index in [-0.39, 0.29) is 5.91 Å². The van der Waals surface area contributed by atoms with E-state index < -0.39 is 11.7 Å². The number of amides is 1. The summed E-state index contributed by atoms with van der Waals surface area (Å²) in [7, 11) is 0. The van der Waals surface area contributed by atoms with E-state index in [1.54, 1.807) is 13.0 Å². The van der Waals surface area contributed by atoms with Crippen molar-refractivity contribution in [3.63, 3.8) is 0 Å². The SMILES string of the molecule is Cc1cc(C)n(Cc2cccc(C(=O)N[C@H](C)c3n[nH]c(=O)[nH]3)c2)n1. The van der Waals surface area contributed by atoms with E-state index in [1.165, 1.54) is 0 Å². The second kappa shape index (κ2) is 6.76. The summed E-state index contributed by atoms with van der Waals surface area (Å²) in [5.41, 5.74) is 3.17. The van der Waals surface area contributed by atoms with E-state index in [0.717, 1.165) is 17.0 Å². The summed E-state index contributed by atoms with van der Waals surface area (Å²) < 4.78 is 1.91. The van der Waals surface area contributed by atoms with Gasteiger partial charge in [0.1, 0.15) is 0 Å². The van der Waals surface area contributed by atoms with Gasteiger partial charge < -0.3 is 5.32 Å². The Bertz CT molecular complexity index is 952. The Morgan fingerprint density at radius 2 is 2.12 bits per heavy atom. The number of H-pyrrole nitrogens is 2. The van der Waals surface area contributed by atoms with Crippen LogP contribution in [0.1, 0.15) is 46.1 Å². The Morgan fingerprint density at radius 1 is 1.32 bits per heavy atom. The summed E-state index contributed by atoms with van der Waals surface area (Å²) in [6.45, 7) is 6.31. The molecule has 1 amide bonds. The first-order valence-electron chi connectivity index (χ1n) is 7.98. The minimum Gasteiger partial charge on any atom is -0.342 e. The highest BCUT2D eigenvalue weighted by molar-refractivity contribution is 5.94. The first-order valence-corrected chi connectivity index (χ1v) is 7.98. The maximum absolute atomic E-state index is 12.4. The fourth-order valence-electron chi connectivity index (χ4n) is 2.66. The van der Waals surface area contributed by atoms with Crippen LogP contribution < -0.4 is 11.0 Å². The second-order valence-electron chi connectivity index (χ2n) is 6.04. The lowest BCUT2D eigenvalue weighted by atomic mass is 10.1. The van der Waals surface area contributed by atoms with Gasteiger partial charge in [-0.1, -0.05) is 12.1 Å². The van der Waals surface area contributed by atoms with Gasteiger partial charge in [0.05, 0.1) is 18.3 Å². The van der Waals surface area contributed by atoms with Crippen molar-refractivity contribution < 1.29 is 4.79 Å². The largest absolute Gasteiger partial charge is 0.342 e. The van der Waals surface area contributed by atoms with Crippen molar-refractivity contribution in [1.82, 2.24) is 30.3 Å². The fourth-order valence-corrected chi connectivity index (χ4v) is 2.66. The number of aryl methyl sites for hydroxylation is 2. The van der Waals surface area contributed by atoms with Crippen LogP contribution in [0.25, 0.3) is 0 Å². The Morgan fingerprint density at radius 3 is 2.76 bits per heavy atom. The van der Waals surface area contributed by atoms with E-state index in [9.17, 15) is 9.59 Å². The zero-order valence-electron chi connectivity index (χ0n) is 14.3. The van der Waals surface area contributed by atoms with Crippen molar-refractivity contribution in [3.05, 3.63) is 69.2 Å². The van der Waals surface area contributed by atoms with Crippen LogP contribution in [-0.2, 0) is 6.54 Å². The topological polar surface area (TPSA) is 108 Å². The standard InChI is InChI=1S/C17H20N6O2/c1-10-7-11(2)23(22-10)9-13-5-4-6-14(8-13)16(24)18-12(3)15-19-17(25)21-20-15/h4-8,12H,9H2,1-3H3,(H,18,24)(H2,19,20,21,25)/t12-/m1/s1. The lowest BCUT2D eigenvalue weighted by Crippen LogP contribution is -2.27. The summed E-state index contributed by atoms with van der Waals surface area (Å²) in [6.07, 6.45) is 0. The van der Waals surface area contributed by atoms with Gasteiger partial charge in [0.25, 0.3) is 5.91 Å². The summed E-state index contributed by atoms with van der Waals surface area (Å²) in [5.74, 6) is 0.156. The molecule has 0 aliphatic rings. The molecule has 8 nitrogen and oxygen atoms in total. The molecule has 0 bridgehead atoms. The van der Waals surface area contributed by atoms with Crippen molar-refractivity contribution in [3.8, 4) is 0 Å². The number of aromatic amines is 2. The highest BCUT2D eigenvalue weighted by Crippen LogP contribution is 2.11. The summed E-state index contributed by atoms with van der Waals surface area (Å²) in [4.78, 5) is 26.1. The molecule has 3 aromatic rings. The molecule has 0 unspecified atom stereocenters. The molecule has 0 fully saturated rings. The molecule has 0 aliphatic carbocycles. The highest BCUT2D eigenvalue weighted by Gasteiger charge is 2.14. The molecule has 0 saturated heterocycles. The molecular weight excluding hydrogens is 320 g/mol. The van der Waals surface area contributed by atoms with Gasteiger partial charge in [-0.15, -0.1) is 0 Å². The molecule has 0 radical (unpaired) electrons. The fraction of sp³-hybridized carbons (Fsp3) is 0.294. The van der Waals surface area contributed by atoms with Crippen molar-refractivity contribution >= 4 is 5.91 Å². The molecule has 0 spiro atoms. The molecule has 0 aliphatic heterocycles. The predicted molar refractivity (Wildman–Crippen MR) is 92.3 cm³/mol. The Balaban J connectivity index is 1.73. The molecule has 3 N–H and O–H groups in total. The quantitative estimate of drug-likeness (QED) is 0.653. The molecule has 2 aromatic heterocycles. The van der Waals surface area contributed by atoms with Crippen LogP contribution in [0.2, 0.25) is 0 Å². The lowest BCUT2D eigenvalue weighted by Gasteiger charge is -2.12. The molecule has 25 heavy (non-hydrogen) atoms. The Hall–Kier alpha value is -3.16. The molecule has 3 rings (SSSR count). The smallest absolute Gasteiger partial charge is 0.340 e. The van der Waals surface area contributed by atoms with Gasteiger partial charge in [0.15, 0.2) is 5.82 Å². The number of nitrogens with zero attached hydrogens (tertiary/aromatic N) is 3. The molecule has 130 valence electrons. The summed E-state index contributed by atoms with van der Waals surface area (Å²) in [5, 5.41) is 13.4. The van der Waals surface area contributed by atoms with Crippen LogP contribution >= 0.6 is 0 Å². The van der Waals surface area contributed by atoms with Crippen molar-refractivity contribution in [1.29, 1.82) is 0 Å². The van der Waals surface area contributed by atoms with E-state index >= 15 is 0 Å². The van der Waals surface area contributed by atoms with Gasteiger partial charge in [-0.2, -0.15) is 10.2 Å². The van der Waals surface area contributed by atoms with Crippen LogP contribution in [0, 0.1) is 13.8 Å². The first kappa shape index (κ1) is 16.7. The Labute approximate surface area is 144 Å². The maximum atomic E-state index is 12.4. The number of carbonyl (C=O) groups is 1. The molecule has 0 saturated carbocycles. The first-order chi connectivity index (χ1) is 11.9. The number of nitrogens with one attached hydrogen (secondary N) is 3. The summed E-state index contributed by atoms with van der Waals surface area (Å²) in [6, 6.07) is 9.00. The van der Waals surface area contributed by atoms with Gasteiger partial charge in [0, 0.05) is 11.3 Å².